The lowest BCUT2D eigenvalue weighted by Crippen LogP contribution is -2.08. The van der Waals surface area contributed by atoms with Crippen molar-refractivity contribution in [3.63, 3.8) is 0 Å². The quantitative estimate of drug-likeness (QED) is 0.772. The Kier molecular flexibility index (Phi) is 3.20. The summed E-state index contributed by atoms with van der Waals surface area (Å²) in [5.74, 6) is -0.769. The highest BCUT2D eigenvalue weighted by atomic mass is 32.1. The molecule has 1 aromatic heterocycles. The first-order valence-corrected chi connectivity index (χ1v) is 6.89. The van der Waals surface area contributed by atoms with Gasteiger partial charge in [0.25, 0.3) is 0 Å². The van der Waals surface area contributed by atoms with Gasteiger partial charge in [-0.2, -0.15) is 0 Å². The second-order valence-electron chi connectivity index (χ2n) is 4.33. The first-order valence-electron chi connectivity index (χ1n) is 6.07. The largest absolute Gasteiger partial charge is 0.323 e. The van der Waals surface area contributed by atoms with Crippen LogP contribution >= 0.6 is 11.3 Å². The maximum absolute atomic E-state index is 13.9. The number of fused-ring (bicyclic) bond motifs is 1. The van der Waals surface area contributed by atoms with E-state index in [9.17, 15) is 9.18 Å². The number of aromatic nitrogens is 1. The van der Waals surface area contributed by atoms with Crippen LogP contribution in [0.1, 0.15) is 6.92 Å². The van der Waals surface area contributed by atoms with Crippen LogP contribution in [0.3, 0.4) is 0 Å². The molecule has 1 N–H and O–H groups in total. The zero-order valence-electron chi connectivity index (χ0n) is 10.7. The van der Waals surface area contributed by atoms with E-state index in [1.54, 1.807) is 12.1 Å². The molecule has 0 aliphatic heterocycles. The van der Waals surface area contributed by atoms with Crippen LogP contribution in [-0.4, -0.2) is 10.9 Å². The average Bonchev–Trinajstić information content (AvgIpc) is 2.84. The first kappa shape index (κ1) is 12.7. The van der Waals surface area contributed by atoms with Crippen molar-refractivity contribution in [2.24, 2.45) is 0 Å². The number of para-hydroxylation sites is 2. The maximum Gasteiger partial charge on any atom is 0.221 e. The van der Waals surface area contributed by atoms with Crippen LogP contribution in [0.5, 0.6) is 0 Å². The number of carbonyl (C=O) groups excluding carboxylic acids is 1. The lowest BCUT2D eigenvalue weighted by Gasteiger charge is -2.08. The van der Waals surface area contributed by atoms with Gasteiger partial charge in [-0.3, -0.25) is 4.79 Å². The standard InChI is InChI=1S/C15H11FN2OS/c1-9(19)17-14-10(5-4-6-11(14)16)15-18-12-7-2-3-8-13(12)20-15/h2-8H,1H3,(H,17,19). The number of hydrogen-bond donors (Lipinski definition) is 1. The minimum absolute atomic E-state index is 0.180. The number of rotatable bonds is 2. The van der Waals surface area contributed by atoms with Gasteiger partial charge in [-0.25, -0.2) is 9.37 Å². The van der Waals surface area contributed by atoms with Gasteiger partial charge in [0.2, 0.25) is 5.91 Å². The van der Waals surface area contributed by atoms with E-state index in [-0.39, 0.29) is 11.6 Å². The summed E-state index contributed by atoms with van der Waals surface area (Å²) in [5.41, 5.74) is 1.64. The van der Waals surface area contributed by atoms with Gasteiger partial charge in [-0.05, 0) is 24.3 Å². The number of amides is 1. The Morgan fingerprint density at radius 1 is 1.20 bits per heavy atom. The normalized spacial score (nSPS) is 10.7. The lowest BCUT2D eigenvalue weighted by atomic mass is 10.1. The predicted octanol–water partition coefficient (Wildman–Crippen LogP) is 4.06. The number of carbonyl (C=O) groups is 1. The molecule has 3 nitrogen and oxygen atoms in total. The lowest BCUT2D eigenvalue weighted by molar-refractivity contribution is -0.114. The fraction of sp³-hybridized carbons (Fsp3) is 0.0667. The minimum Gasteiger partial charge on any atom is -0.323 e. The van der Waals surface area contributed by atoms with E-state index in [1.807, 2.05) is 24.3 Å². The fourth-order valence-electron chi connectivity index (χ4n) is 1.99. The highest BCUT2D eigenvalue weighted by molar-refractivity contribution is 7.21. The molecule has 0 atom stereocenters. The van der Waals surface area contributed by atoms with Gasteiger partial charge >= 0.3 is 0 Å². The topological polar surface area (TPSA) is 42.0 Å². The van der Waals surface area contributed by atoms with Crippen LogP contribution in [0, 0.1) is 5.82 Å². The Bertz CT molecular complexity index is 764. The molecule has 3 aromatic rings. The molecule has 0 fully saturated rings. The molecule has 1 amide bonds. The van der Waals surface area contributed by atoms with Gasteiger partial charge in [0.05, 0.1) is 15.9 Å². The van der Waals surface area contributed by atoms with Crippen molar-refractivity contribution in [3.8, 4) is 10.6 Å². The van der Waals surface area contributed by atoms with Gasteiger partial charge < -0.3 is 5.32 Å². The molecule has 5 heteroatoms. The van der Waals surface area contributed by atoms with Crippen molar-refractivity contribution in [2.75, 3.05) is 5.32 Å². The van der Waals surface area contributed by atoms with Crippen LogP contribution < -0.4 is 5.32 Å². The van der Waals surface area contributed by atoms with Crippen molar-refractivity contribution in [1.29, 1.82) is 0 Å². The van der Waals surface area contributed by atoms with Gasteiger partial charge in [0, 0.05) is 12.5 Å². The molecule has 0 aliphatic rings. The Balaban J connectivity index is 2.18. The maximum atomic E-state index is 13.9. The van der Waals surface area contributed by atoms with Gasteiger partial charge in [0.15, 0.2) is 0 Å². The highest BCUT2D eigenvalue weighted by Crippen LogP contribution is 2.35. The van der Waals surface area contributed by atoms with E-state index in [4.69, 9.17) is 0 Å². The molecule has 1 heterocycles. The van der Waals surface area contributed by atoms with E-state index in [2.05, 4.69) is 10.3 Å². The molecule has 0 unspecified atom stereocenters. The van der Waals surface area contributed by atoms with Crippen LogP contribution in [0.2, 0.25) is 0 Å². The third-order valence-corrected chi connectivity index (χ3v) is 3.91. The Hall–Kier alpha value is -2.27. The number of nitrogens with zero attached hydrogens (tertiary/aromatic N) is 1. The third kappa shape index (κ3) is 2.28. The van der Waals surface area contributed by atoms with E-state index in [0.717, 1.165) is 10.2 Å². The number of halogens is 1. The summed E-state index contributed by atoms with van der Waals surface area (Å²) in [6, 6.07) is 12.4. The van der Waals surface area contributed by atoms with Crippen molar-refractivity contribution in [3.05, 3.63) is 48.3 Å². The minimum atomic E-state index is -0.461. The molecule has 3 rings (SSSR count). The van der Waals surface area contributed by atoms with Crippen LogP contribution in [-0.2, 0) is 4.79 Å². The van der Waals surface area contributed by atoms with Crippen molar-refractivity contribution in [1.82, 2.24) is 4.98 Å². The van der Waals surface area contributed by atoms with Crippen molar-refractivity contribution >= 4 is 33.1 Å². The monoisotopic (exact) mass is 286 g/mol. The molecule has 0 bridgehead atoms. The summed E-state index contributed by atoms with van der Waals surface area (Å²) in [5, 5.41) is 3.23. The zero-order valence-corrected chi connectivity index (χ0v) is 11.5. The molecule has 20 heavy (non-hydrogen) atoms. The Morgan fingerprint density at radius 2 is 2.00 bits per heavy atom. The summed E-state index contributed by atoms with van der Waals surface area (Å²) < 4.78 is 14.9. The van der Waals surface area contributed by atoms with E-state index in [1.165, 1.54) is 24.3 Å². The fourth-order valence-corrected chi connectivity index (χ4v) is 2.99. The summed E-state index contributed by atoms with van der Waals surface area (Å²) in [6.07, 6.45) is 0. The van der Waals surface area contributed by atoms with E-state index < -0.39 is 5.82 Å². The van der Waals surface area contributed by atoms with Gasteiger partial charge in [0.1, 0.15) is 10.8 Å². The average molecular weight is 286 g/mol. The van der Waals surface area contributed by atoms with Crippen molar-refractivity contribution in [2.45, 2.75) is 6.92 Å². The summed E-state index contributed by atoms with van der Waals surface area (Å²) in [4.78, 5) is 15.7. The SMILES string of the molecule is CC(=O)Nc1c(F)cccc1-c1nc2ccccc2s1. The number of nitrogens with one attached hydrogen (secondary N) is 1. The highest BCUT2D eigenvalue weighted by Gasteiger charge is 2.14. The van der Waals surface area contributed by atoms with Crippen LogP contribution in [0.4, 0.5) is 10.1 Å². The first-order chi connectivity index (χ1) is 9.65. The second kappa shape index (κ2) is 5.02. The number of anilines is 1. The van der Waals surface area contributed by atoms with Crippen molar-refractivity contribution < 1.29 is 9.18 Å². The number of thiazole rings is 1. The zero-order chi connectivity index (χ0) is 14.1. The number of benzene rings is 2. The molecule has 0 radical (unpaired) electrons. The molecule has 0 spiro atoms. The summed E-state index contributed by atoms with van der Waals surface area (Å²) in [6.45, 7) is 1.36. The summed E-state index contributed by atoms with van der Waals surface area (Å²) in [7, 11) is 0. The Morgan fingerprint density at radius 3 is 2.75 bits per heavy atom. The number of hydrogen-bond acceptors (Lipinski definition) is 3. The molecule has 0 aliphatic carbocycles. The molecular weight excluding hydrogens is 275 g/mol. The van der Waals surface area contributed by atoms with E-state index in [0.29, 0.717) is 10.6 Å². The van der Waals surface area contributed by atoms with E-state index >= 15 is 0 Å². The molecule has 0 saturated heterocycles. The van der Waals surface area contributed by atoms with Crippen LogP contribution in [0.25, 0.3) is 20.8 Å². The van der Waals surface area contributed by atoms with Gasteiger partial charge in [-0.15, -0.1) is 11.3 Å². The molecule has 2 aromatic carbocycles. The predicted molar refractivity (Wildman–Crippen MR) is 79.3 cm³/mol. The molecule has 0 saturated carbocycles. The molecule has 100 valence electrons. The third-order valence-electron chi connectivity index (χ3n) is 2.84. The van der Waals surface area contributed by atoms with Gasteiger partial charge in [-0.1, -0.05) is 18.2 Å². The smallest absolute Gasteiger partial charge is 0.221 e. The summed E-state index contributed by atoms with van der Waals surface area (Å²) >= 11 is 1.47. The molecular formula is C15H11FN2OS. The van der Waals surface area contributed by atoms with Crippen LogP contribution in [0.15, 0.2) is 42.5 Å². The second-order valence-corrected chi connectivity index (χ2v) is 5.36. The Labute approximate surface area is 119 Å².